The van der Waals surface area contributed by atoms with Crippen molar-refractivity contribution in [1.29, 1.82) is 0 Å². The number of hydrogen-bond donors (Lipinski definition) is 0. The Balaban J connectivity index is 2.62. The Bertz CT molecular complexity index is 338. The highest BCUT2D eigenvalue weighted by atomic mass is 35.5. The maximum Gasteiger partial charge on any atom is 0.340 e. The van der Waals surface area contributed by atoms with Crippen LogP contribution in [0.15, 0.2) is 24.3 Å². The van der Waals surface area contributed by atoms with Gasteiger partial charge in [-0.25, -0.2) is 4.79 Å². The van der Waals surface area contributed by atoms with Gasteiger partial charge in [0.15, 0.2) is 6.10 Å². The van der Waals surface area contributed by atoms with Gasteiger partial charge in [-0.1, -0.05) is 23.7 Å². The molecule has 0 radical (unpaired) electrons. The van der Waals surface area contributed by atoms with Crippen LogP contribution in [0.25, 0.3) is 0 Å². The van der Waals surface area contributed by atoms with Crippen molar-refractivity contribution in [2.75, 3.05) is 6.61 Å². The van der Waals surface area contributed by atoms with Crippen molar-refractivity contribution in [3.05, 3.63) is 29.3 Å². The summed E-state index contributed by atoms with van der Waals surface area (Å²) in [5.74, 6) is -0.0827. The number of benzene rings is 1. The molecule has 0 saturated heterocycles. The topological polar surface area (TPSA) is 35.5 Å². The minimum Gasteiger partial charge on any atom is -0.423 e. The Morgan fingerprint density at radius 3 is 2.73 bits per heavy atom. The van der Waals surface area contributed by atoms with Crippen LogP contribution >= 0.6 is 11.6 Å². The van der Waals surface area contributed by atoms with Crippen LogP contribution < -0.4 is 4.74 Å². The summed E-state index contributed by atoms with van der Waals surface area (Å²) < 4.78 is 10.2. The summed E-state index contributed by atoms with van der Waals surface area (Å²) in [5, 5.41) is 0.412. The number of ether oxygens (including phenoxy) is 2. The maximum atomic E-state index is 11.4. The molecule has 0 bridgehead atoms. The quantitative estimate of drug-likeness (QED) is 0.587. The lowest BCUT2D eigenvalue weighted by molar-refractivity contribution is -0.145. The van der Waals surface area contributed by atoms with Crippen molar-refractivity contribution in [3.8, 4) is 5.75 Å². The third-order valence-electron chi connectivity index (χ3n) is 1.80. The first-order valence-electron chi connectivity index (χ1n) is 4.73. The maximum absolute atomic E-state index is 11.4. The Kier molecular flexibility index (Phi) is 4.59. The van der Waals surface area contributed by atoms with E-state index >= 15 is 0 Å². The number of para-hydroxylation sites is 1. The van der Waals surface area contributed by atoms with Gasteiger partial charge in [-0.3, -0.25) is 0 Å². The van der Waals surface area contributed by atoms with E-state index in [1.807, 2.05) is 6.92 Å². The fourth-order valence-electron chi connectivity index (χ4n) is 1.04. The van der Waals surface area contributed by atoms with Gasteiger partial charge < -0.3 is 9.47 Å². The first-order valence-corrected chi connectivity index (χ1v) is 5.10. The average molecular weight is 229 g/mol. The highest BCUT2D eigenvalue weighted by molar-refractivity contribution is 6.32. The van der Waals surface area contributed by atoms with Crippen LogP contribution in [0.2, 0.25) is 5.02 Å². The molecule has 3 nitrogen and oxygen atoms in total. The zero-order chi connectivity index (χ0) is 11.3. The predicted molar refractivity (Wildman–Crippen MR) is 58.2 cm³/mol. The summed E-state index contributed by atoms with van der Waals surface area (Å²) in [6.07, 6.45) is -0.578. The monoisotopic (exact) mass is 228 g/mol. The third kappa shape index (κ3) is 3.53. The Morgan fingerprint density at radius 2 is 2.13 bits per heavy atom. The molecule has 0 spiro atoms. The second kappa shape index (κ2) is 5.73. The molecule has 0 saturated carbocycles. The Hall–Kier alpha value is -1.06. The summed E-state index contributed by atoms with van der Waals surface area (Å²) in [6, 6.07) is 6.82. The van der Waals surface area contributed by atoms with E-state index in [0.29, 0.717) is 17.4 Å². The van der Waals surface area contributed by atoms with Crippen molar-refractivity contribution in [2.24, 2.45) is 0 Å². The number of carbonyl (C=O) groups excluding carboxylic acids is 1. The molecule has 1 atom stereocenters. The Labute approximate surface area is 93.9 Å². The zero-order valence-corrected chi connectivity index (χ0v) is 9.45. The summed E-state index contributed by atoms with van der Waals surface area (Å²) >= 11 is 5.83. The summed E-state index contributed by atoms with van der Waals surface area (Å²) in [7, 11) is 0. The SMILES string of the molecule is CCOC(C)C(=O)Oc1ccccc1Cl. The molecule has 4 heteroatoms. The number of carbonyl (C=O) groups is 1. The van der Waals surface area contributed by atoms with Crippen LogP contribution in [-0.4, -0.2) is 18.7 Å². The van der Waals surface area contributed by atoms with Gasteiger partial charge in [0.05, 0.1) is 5.02 Å². The van der Waals surface area contributed by atoms with E-state index < -0.39 is 12.1 Å². The second-order valence-electron chi connectivity index (χ2n) is 2.95. The second-order valence-corrected chi connectivity index (χ2v) is 3.36. The summed E-state index contributed by atoms with van der Waals surface area (Å²) in [4.78, 5) is 11.4. The molecule has 15 heavy (non-hydrogen) atoms. The Morgan fingerprint density at radius 1 is 1.47 bits per heavy atom. The van der Waals surface area contributed by atoms with E-state index in [-0.39, 0.29) is 0 Å². The fraction of sp³-hybridized carbons (Fsp3) is 0.364. The molecule has 1 unspecified atom stereocenters. The van der Waals surface area contributed by atoms with E-state index in [1.165, 1.54) is 0 Å². The van der Waals surface area contributed by atoms with Crippen LogP contribution in [0.4, 0.5) is 0 Å². The third-order valence-corrected chi connectivity index (χ3v) is 2.11. The van der Waals surface area contributed by atoms with Crippen LogP contribution in [0, 0.1) is 0 Å². The fourth-order valence-corrected chi connectivity index (χ4v) is 1.21. The highest BCUT2D eigenvalue weighted by Gasteiger charge is 2.16. The molecule has 0 aromatic heterocycles. The lowest BCUT2D eigenvalue weighted by atomic mass is 10.3. The zero-order valence-electron chi connectivity index (χ0n) is 8.70. The molecular formula is C11H13ClO3. The van der Waals surface area contributed by atoms with E-state index in [2.05, 4.69) is 0 Å². The van der Waals surface area contributed by atoms with Crippen molar-refractivity contribution < 1.29 is 14.3 Å². The molecular weight excluding hydrogens is 216 g/mol. The van der Waals surface area contributed by atoms with E-state index in [0.717, 1.165) is 0 Å². The van der Waals surface area contributed by atoms with Crippen molar-refractivity contribution in [2.45, 2.75) is 20.0 Å². The minimum absolute atomic E-state index is 0.357. The molecule has 0 N–H and O–H groups in total. The molecule has 0 fully saturated rings. The van der Waals surface area contributed by atoms with E-state index in [4.69, 9.17) is 21.1 Å². The summed E-state index contributed by atoms with van der Waals surface area (Å²) in [5.41, 5.74) is 0. The molecule has 0 aliphatic carbocycles. The first-order chi connectivity index (χ1) is 7.15. The van der Waals surface area contributed by atoms with Gasteiger partial charge in [0.2, 0.25) is 0 Å². The van der Waals surface area contributed by atoms with Gasteiger partial charge in [-0.2, -0.15) is 0 Å². The van der Waals surface area contributed by atoms with Crippen LogP contribution in [0.3, 0.4) is 0 Å². The molecule has 0 aliphatic heterocycles. The van der Waals surface area contributed by atoms with Crippen molar-refractivity contribution in [3.63, 3.8) is 0 Å². The lowest BCUT2D eigenvalue weighted by Crippen LogP contribution is -2.25. The van der Waals surface area contributed by atoms with Gasteiger partial charge >= 0.3 is 5.97 Å². The normalized spacial score (nSPS) is 12.2. The van der Waals surface area contributed by atoms with Gasteiger partial charge in [0.25, 0.3) is 0 Å². The number of halogens is 1. The molecule has 1 rings (SSSR count). The van der Waals surface area contributed by atoms with Gasteiger partial charge in [-0.05, 0) is 26.0 Å². The smallest absolute Gasteiger partial charge is 0.340 e. The number of hydrogen-bond acceptors (Lipinski definition) is 3. The standard InChI is InChI=1S/C11H13ClO3/c1-3-14-8(2)11(13)15-10-7-5-4-6-9(10)12/h4-8H,3H2,1-2H3. The van der Waals surface area contributed by atoms with Gasteiger partial charge in [0, 0.05) is 6.61 Å². The largest absolute Gasteiger partial charge is 0.423 e. The molecule has 0 heterocycles. The molecule has 1 aromatic carbocycles. The summed E-state index contributed by atoms with van der Waals surface area (Å²) in [6.45, 7) is 3.93. The van der Waals surface area contributed by atoms with E-state index in [1.54, 1.807) is 31.2 Å². The molecule has 82 valence electrons. The van der Waals surface area contributed by atoms with Crippen LogP contribution in [-0.2, 0) is 9.53 Å². The molecule has 1 aromatic rings. The minimum atomic E-state index is -0.578. The van der Waals surface area contributed by atoms with Crippen molar-refractivity contribution >= 4 is 17.6 Å². The van der Waals surface area contributed by atoms with Crippen molar-refractivity contribution in [1.82, 2.24) is 0 Å². The molecule has 0 aliphatic rings. The lowest BCUT2D eigenvalue weighted by Gasteiger charge is -2.11. The van der Waals surface area contributed by atoms with Gasteiger partial charge in [0.1, 0.15) is 5.75 Å². The first kappa shape index (κ1) is 12.0. The number of rotatable bonds is 4. The van der Waals surface area contributed by atoms with Crippen LogP contribution in [0.5, 0.6) is 5.75 Å². The molecule has 0 amide bonds. The predicted octanol–water partition coefficient (Wildman–Crippen LogP) is 2.67. The average Bonchev–Trinajstić information content (AvgIpc) is 2.21. The van der Waals surface area contributed by atoms with Crippen LogP contribution in [0.1, 0.15) is 13.8 Å². The highest BCUT2D eigenvalue weighted by Crippen LogP contribution is 2.23. The number of esters is 1. The van der Waals surface area contributed by atoms with Gasteiger partial charge in [-0.15, -0.1) is 0 Å². The van der Waals surface area contributed by atoms with E-state index in [9.17, 15) is 4.79 Å².